The van der Waals surface area contributed by atoms with Crippen LogP contribution in [0.15, 0.2) is 18.3 Å². The predicted octanol–water partition coefficient (Wildman–Crippen LogP) is 0.131. The quantitative estimate of drug-likeness (QED) is 0.651. The highest BCUT2D eigenvalue weighted by Crippen LogP contribution is 2.07. The molecule has 0 bridgehead atoms. The summed E-state index contributed by atoms with van der Waals surface area (Å²) in [4.78, 5) is 14.3. The second kappa shape index (κ2) is 6.31. The Bertz CT molecular complexity index is 516. The molecule has 0 aliphatic carbocycles. The van der Waals surface area contributed by atoms with Gasteiger partial charge in [0.25, 0.3) is 0 Å². The number of aromatic nitrogens is 1. The Morgan fingerprint density at radius 1 is 1.50 bits per heavy atom. The zero-order chi connectivity index (χ0) is 13.6. The van der Waals surface area contributed by atoms with Gasteiger partial charge in [0.1, 0.15) is 5.69 Å². The van der Waals surface area contributed by atoms with E-state index < -0.39 is 16.0 Å². The van der Waals surface area contributed by atoms with Crippen LogP contribution in [0.2, 0.25) is 0 Å². The van der Waals surface area contributed by atoms with Gasteiger partial charge in [0.15, 0.2) is 0 Å². The molecule has 1 aromatic heterocycles. The van der Waals surface area contributed by atoms with Gasteiger partial charge >= 0.3 is 5.97 Å². The standard InChI is InChI=1S/C10H15N3O4S/c1-2-13-18(16,17)6-5-11-8-3-4-12-9(7-8)10(14)15/h3-4,7,13H,2,5-6H2,1H3,(H,11,12)(H,14,15). The first-order valence-corrected chi connectivity index (χ1v) is 7.00. The Balaban J connectivity index is 2.54. The number of sulfonamides is 1. The minimum absolute atomic E-state index is 0.0778. The number of pyridine rings is 1. The Hall–Kier alpha value is -1.67. The lowest BCUT2D eigenvalue weighted by Crippen LogP contribution is -2.29. The molecule has 0 aromatic carbocycles. The highest BCUT2D eigenvalue weighted by Gasteiger charge is 2.08. The number of rotatable bonds is 7. The fourth-order valence-electron chi connectivity index (χ4n) is 1.28. The molecule has 3 N–H and O–H groups in total. The highest BCUT2D eigenvalue weighted by atomic mass is 32.2. The van der Waals surface area contributed by atoms with E-state index in [1.165, 1.54) is 12.3 Å². The molecular formula is C10H15N3O4S. The van der Waals surface area contributed by atoms with Crippen LogP contribution in [0.5, 0.6) is 0 Å². The van der Waals surface area contributed by atoms with Crippen molar-refractivity contribution in [1.82, 2.24) is 9.71 Å². The van der Waals surface area contributed by atoms with Crippen LogP contribution in [0.25, 0.3) is 0 Å². The number of hydrogen-bond acceptors (Lipinski definition) is 5. The van der Waals surface area contributed by atoms with E-state index in [4.69, 9.17) is 5.11 Å². The molecule has 0 aliphatic heterocycles. The van der Waals surface area contributed by atoms with E-state index in [9.17, 15) is 13.2 Å². The van der Waals surface area contributed by atoms with Crippen LogP contribution >= 0.6 is 0 Å². The smallest absolute Gasteiger partial charge is 0.354 e. The average Bonchev–Trinajstić information content (AvgIpc) is 2.29. The molecule has 0 spiro atoms. The third-order valence-corrected chi connectivity index (χ3v) is 3.51. The zero-order valence-electron chi connectivity index (χ0n) is 9.88. The van der Waals surface area contributed by atoms with E-state index in [0.717, 1.165) is 0 Å². The molecule has 0 saturated carbocycles. The third-order valence-electron chi connectivity index (χ3n) is 2.04. The van der Waals surface area contributed by atoms with Crippen molar-refractivity contribution >= 4 is 21.7 Å². The van der Waals surface area contributed by atoms with E-state index in [1.807, 2.05) is 0 Å². The number of nitrogens with one attached hydrogen (secondary N) is 2. The van der Waals surface area contributed by atoms with Gasteiger partial charge in [-0.25, -0.2) is 22.9 Å². The van der Waals surface area contributed by atoms with Gasteiger partial charge in [0, 0.05) is 25.0 Å². The van der Waals surface area contributed by atoms with Crippen molar-refractivity contribution in [3.63, 3.8) is 0 Å². The number of carboxylic acid groups (broad SMARTS) is 1. The van der Waals surface area contributed by atoms with E-state index in [1.54, 1.807) is 13.0 Å². The van der Waals surface area contributed by atoms with E-state index in [0.29, 0.717) is 12.2 Å². The van der Waals surface area contributed by atoms with Crippen LogP contribution < -0.4 is 10.0 Å². The molecule has 18 heavy (non-hydrogen) atoms. The fraction of sp³-hybridized carbons (Fsp3) is 0.400. The molecule has 0 amide bonds. The van der Waals surface area contributed by atoms with Crippen molar-refractivity contribution in [3.05, 3.63) is 24.0 Å². The molecule has 0 saturated heterocycles. The van der Waals surface area contributed by atoms with Gasteiger partial charge in [0.05, 0.1) is 5.75 Å². The molecule has 0 atom stereocenters. The van der Waals surface area contributed by atoms with Gasteiger partial charge in [0.2, 0.25) is 10.0 Å². The van der Waals surface area contributed by atoms with Gasteiger partial charge < -0.3 is 10.4 Å². The molecule has 8 heteroatoms. The average molecular weight is 273 g/mol. The number of aromatic carboxylic acids is 1. The topological polar surface area (TPSA) is 108 Å². The van der Waals surface area contributed by atoms with Crippen LogP contribution in [-0.4, -0.2) is 43.3 Å². The van der Waals surface area contributed by atoms with Crippen LogP contribution in [0.1, 0.15) is 17.4 Å². The molecule has 1 heterocycles. The van der Waals surface area contributed by atoms with Crippen LogP contribution in [0.4, 0.5) is 5.69 Å². The van der Waals surface area contributed by atoms with Gasteiger partial charge in [-0.2, -0.15) is 0 Å². The van der Waals surface area contributed by atoms with Crippen molar-refractivity contribution in [1.29, 1.82) is 0 Å². The molecule has 7 nitrogen and oxygen atoms in total. The molecule has 0 aliphatic rings. The monoisotopic (exact) mass is 273 g/mol. The Morgan fingerprint density at radius 3 is 2.83 bits per heavy atom. The summed E-state index contributed by atoms with van der Waals surface area (Å²) in [5, 5.41) is 11.6. The largest absolute Gasteiger partial charge is 0.477 e. The van der Waals surface area contributed by atoms with Crippen molar-refractivity contribution in [2.45, 2.75) is 6.92 Å². The maximum absolute atomic E-state index is 11.3. The Labute approximate surface area is 105 Å². The van der Waals surface area contributed by atoms with Crippen LogP contribution in [0, 0.1) is 0 Å². The third kappa shape index (κ3) is 4.68. The molecule has 1 aromatic rings. The van der Waals surface area contributed by atoms with Gasteiger partial charge in [-0.3, -0.25) is 0 Å². The van der Waals surface area contributed by atoms with E-state index in [-0.39, 0.29) is 18.0 Å². The first-order valence-electron chi connectivity index (χ1n) is 5.35. The lowest BCUT2D eigenvalue weighted by atomic mass is 10.3. The summed E-state index contributed by atoms with van der Waals surface area (Å²) in [6, 6.07) is 2.93. The molecule has 0 unspecified atom stereocenters. The first-order chi connectivity index (χ1) is 8.44. The second-order valence-corrected chi connectivity index (χ2v) is 5.40. The summed E-state index contributed by atoms with van der Waals surface area (Å²) in [7, 11) is -3.27. The number of hydrogen-bond donors (Lipinski definition) is 3. The number of nitrogens with zero attached hydrogens (tertiary/aromatic N) is 1. The lowest BCUT2D eigenvalue weighted by Gasteiger charge is -2.07. The minimum Gasteiger partial charge on any atom is -0.477 e. The van der Waals surface area contributed by atoms with Crippen molar-refractivity contribution < 1.29 is 18.3 Å². The van der Waals surface area contributed by atoms with Crippen LogP contribution in [-0.2, 0) is 10.0 Å². The van der Waals surface area contributed by atoms with Gasteiger partial charge in [-0.15, -0.1) is 0 Å². The van der Waals surface area contributed by atoms with E-state index >= 15 is 0 Å². The number of carbonyl (C=O) groups is 1. The highest BCUT2D eigenvalue weighted by molar-refractivity contribution is 7.89. The molecule has 0 radical (unpaired) electrons. The van der Waals surface area contributed by atoms with E-state index in [2.05, 4.69) is 15.0 Å². The predicted molar refractivity (Wildman–Crippen MR) is 67.1 cm³/mol. The first kappa shape index (κ1) is 14.4. The fourth-order valence-corrected chi connectivity index (χ4v) is 2.23. The number of anilines is 1. The summed E-state index contributed by atoms with van der Waals surface area (Å²) in [5.74, 6) is -1.20. The lowest BCUT2D eigenvalue weighted by molar-refractivity contribution is 0.0690. The van der Waals surface area contributed by atoms with Crippen molar-refractivity contribution in [2.24, 2.45) is 0 Å². The normalized spacial score (nSPS) is 11.2. The SMILES string of the molecule is CCNS(=O)(=O)CCNc1ccnc(C(=O)O)c1. The van der Waals surface area contributed by atoms with Gasteiger partial charge in [-0.1, -0.05) is 6.92 Å². The van der Waals surface area contributed by atoms with Crippen LogP contribution in [0.3, 0.4) is 0 Å². The molecule has 1 rings (SSSR count). The number of carboxylic acids is 1. The zero-order valence-corrected chi connectivity index (χ0v) is 10.7. The molecule has 0 fully saturated rings. The minimum atomic E-state index is -3.27. The Kier molecular flexibility index (Phi) is 5.05. The molecular weight excluding hydrogens is 258 g/mol. The maximum Gasteiger partial charge on any atom is 0.354 e. The Morgan fingerprint density at radius 2 is 2.22 bits per heavy atom. The summed E-state index contributed by atoms with van der Waals surface area (Å²) in [5.41, 5.74) is 0.434. The maximum atomic E-state index is 11.3. The van der Waals surface area contributed by atoms with Crippen molar-refractivity contribution in [2.75, 3.05) is 24.2 Å². The van der Waals surface area contributed by atoms with Crippen molar-refractivity contribution in [3.8, 4) is 0 Å². The molecule has 100 valence electrons. The second-order valence-electron chi connectivity index (χ2n) is 3.48. The summed E-state index contributed by atoms with van der Waals surface area (Å²) in [6.07, 6.45) is 1.35. The van der Waals surface area contributed by atoms with Gasteiger partial charge in [-0.05, 0) is 12.1 Å². The summed E-state index contributed by atoms with van der Waals surface area (Å²) in [6.45, 7) is 2.24. The summed E-state index contributed by atoms with van der Waals surface area (Å²) < 4.78 is 25.0. The summed E-state index contributed by atoms with van der Waals surface area (Å²) >= 11 is 0.